The highest BCUT2D eigenvalue weighted by Crippen LogP contribution is 2.55. The summed E-state index contributed by atoms with van der Waals surface area (Å²) >= 11 is 0. The Hall–Kier alpha value is -1.17. The Morgan fingerprint density at radius 1 is 0.889 bits per heavy atom. The second-order valence-corrected chi connectivity index (χ2v) is 7.01. The molecule has 1 nitrogen and oxygen atoms in total. The summed E-state index contributed by atoms with van der Waals surface area (Å²) in [6, 6.07) is 20.7. The van der Waals surface area contributed by atoms with Gasteiger partial charge in [-0.15, -0.1) is 6.66 Å². The lowest BCUT2D eigenvalue weighted by Crippen LogP contribution is -2.22. The van der Waals surface area contributed by atoms with Crippen LogP contribution in [-0.2, 0) is 4.52 Å². The van der Waals surface area contributed by atoms with Gasteiger partial charge in [0.2, 0.25) is 0 Å². The van der Waals surface area contributed by atoms with Gasteiger partial charge in [-0.05, 0) is 30.7 Å². The summed E-state index contributed by atoms with van der Waals surface area (Å²) in [5, 5.41) is 2.40. The van der Waals surface area contributed by atoms with Gasteiger partial charge in [0.15, 0.2) is 0 Å². The maximum absolute atomic E-state index is 6.15. The van der Waals surface area contributed by atoms with Crippen molar-refractivity contribution in [3.8, 4) is 0 Å². The normalized spacial score (nSPS) is 11.4. The molecule has 2 rings (SSSR count). The molecule has 0 fully saturated rings. The average Bonchev–Trinajstić information content (AvgIpc) is 2.46. The Bertz CT molecular complexity index is 427. The minimum Gasteiger partial charge on any atom is -0.258 e. The van der Waals surface area contributed by atoms with Crippen LogP contribution in [0.1, 0.15) is 13.3 Å². The van der Waals surface area contributed by atoms with E-state index in [1.165, 1.54) is 10.6 Å². The first-order chi connectivity index (χ1) is 8.77. The first kappa shape index (κ1) is 13.3. The zero-order valence-corrected chi connectivity index (χ0v) is 11.6. The maximum Gasteiger partial charge on any atom is 0.0988 e. The van der Waals surface area contributed by atoms with Crippen molar-refractivity contribution in [2.45, 2.75) is 13.3 Å². The fourth-order valence-corrected chi connectivity index (χ4v) is 4.28. The summed E-state index contributed by atoms with van der Waals surface area (Å²) in [6.07, 6.45) is 1.01. The van der Waals surface area contributed by atoms with Gasteiger partial charge in [0.1, 0.15) is 0 Å². The molecule has 0 aliphatic carbocycles. The van der Waals surface area contributed by atoms with E-state index < -0.39 is 7.49 Å². The maximum atomic E-state index is 6.15. The first-order valence-electron chi connectivity index (χ1n) is 6.26. The van der Waals surface area contributed by atoms with Crippen LogP contribution in [0, 0.1) is 6.66 Å². The van der Waals surface area contributed by atoms with E-state index in [4.69, 9.17) is 4.52 Å². The van der Waals surface area contributed by atoms with Gasteiger partial charge in [-0.1, -0.05) is 43.3 Å². The highest BCUT2D eigenvalue weighted by atomic mass is 31.2. The molecule has 0 radical (unpaired) electrons. The predicted molar refractivity (Wildman–Crippen MR) is 80.7 cm³/mol. The molecular formula is C16H19OP. The quantitative estimate of drug-likeness (QED) is 0.585. The summed E-state index contributed by atoms with van der Waals surface area (Å²) in [5.41, 5.74) is 0. The average molecular weight is 258 g/mol. The van der Waals surface area contributed by atoms with Crippen molar-refractivity contribution >= 4 is 18.1 Å². The van der Waals surface area contributed by atoms with Crippen molar-refractivity contribution in [1.29, 1.82) is 0 Å². The van der Waals surface area contributed by atoms with E-state index in [9.17, 15) is 0 Å². The van der Waals surface area contributed by atoms with E-state index in [-0.39, 0.29) is 0 Å². The fourth-order valence-electron chi connectivity index (χ4n) is 1.88. The van der Waals surface area contributed by atoms with Gasteiger partial charge in [-0.3, -0.25) is 4.52 Å². The van der Waals surface area contributed by atoms with Crippen molar-refractivity contribution in [3.05, 3.63) is 67.3 Å². The van der Waals surface area contributed by atoms with Crippen molar-refractivity contribution in [2.24, 2.45) is 0 Å². The van der Waals surface area contributed by atoms with Gasteiger partial charge in [-0.25, -0.2) is 0 Å². The third-order valence-corrected chi connectivity index (χ3v) is 5.75. The van der Waals surface area contributed by atoms with Crippen molar-refractivity contribution in [2.75, 3.05) is 6.61 Å². The second kappa shape index (κ2) is 6.13. The Morgan fingerprint density at radius 2 is 1.33 bits per heavy atom. The lowest BCUT2D eigenvalue weighted by molar-refractivity contribution is 0.353. The molecule has 18 heavy (non-hydrogen) atoms. The molecule has 0 heterocycles. The standard InChI is InChI=1S/C16H19OP/c1-3-14-17-18(2,15-10-6-4-7-11-15)16-12-8-5-9-13-16/h4-13H,2-3,14H2,1H3. The van der Waals surface area contributed by atoms with Gasteiger partial charge in [0, 0.05) is 0 Å². The van der Waals surface area contributed by atoms with Crippen LogP contribution >= 0.6 is 7.49 Å². The summed E-state index contributed by atoms with van der Waals surface area (Å²) in [4.78, 5) is 0. The van der Waals surface area contributed by atoms with Gasteiger partial charge >= 0.3 is 0 Å². The molecule has 0 atom stereocenters. The monoisotopic (exact) mass is 258 g/mol. The molecule has 0 bridgehead atoms. The van der Waals surface area contributed by atoms with Gasteiger partial charge in [0.05, 0.1) is 24.7 Å². The summed E-state index contributed by atoms with van der Waals surface area (Å²) < 4.78 is 6.15. The number of rotatable bonds is 5. The van der Waals surface area contributed by atoms with Crippen LogP contribution in [0.2, 0.25) is 0 Å². The molecule has 0 aliphatic heterocycles. The Balaban J connectivity index is 2.41. The molecule has 0 unspecified atom stereocenters. The molecule has 2 aromatic carbocycles. The Kier molecular flexibility index (Phi) is 4.52. The largest absolute Gasteiger partial charge is 0.258 e. The molecular weight excluding hydrogens is 239 g/mol. The highest BCUT2D eigenvalue weighted by Gasteiger charge is 2.31. The van der Waals surface area contributed by atoms with E-state index >= 15 is 0 Å². The zero-order chi connectivity index (χ0) is 12.8. The predicted octanol–water partition coefficient (Wildman–Crippen LogP) is 3.79. The van der Waals surface area contributed by atoms with Crippen LogP contribution in [0.3, 0.4) is 0 Å². The zero-order valence-electron chi connectivity index (χ0n) is 10.8. The van der Waals surface area contributed by atoms with Gasteiger partial charge < -0.3 is 0 Å². The van der Waals surface area contributed by atoms with Crippen molar-refractivity contribution in [3.63, 3.8) is 0 Å². The molecule has 0 aromatic heterocycles. The molecule has 94 valence electrons. The van der Waals surface area contributed by atoms with Crippen LogP contribution in [0.4, 0.5) is 0 Å². The minimum atomic E-state index is -1.94. The number of hydrogen-bond donors (Lipinski definition) is 0. The van der Waals surface area contributed by atoms with Gasteiger partial charge in [-0.2, -0.15) is 0 Å². The molecule has 2 heteroatoms. The van der Waals surface area contributed by atoms with E-state index in [1.807, 2.05) is 36.4 Å². The molecule has 0 N–H and O–H groups in total. The van der Waals surface area contributed by atoms with Crippen LogP contribution in [0.25, 0.3) is 0 Å². The second-order valence-electron chi connectivity index (χ2n) is 4.24. The molecule has 0 aliphatic rings. The molecule has 0 amide bonds. The Morgan fingerprint density at radius 3 is 1.72 bits per heavy atom. The van der Waals surface area contributed by atoms with Crippen molar-refractivity contribution in [1.82, 2.24) is 0 Å². The summed E-state index contributed by atoms with van der Waals surface area (Å²) in [7, 11) is -1.94. The molecule has 0 saturated heterocycles. The Labute approximate surface area is 110 Å². The summed E-state index contributed by atoms with van der Waals surface area (Å²) in [5.74, 6) is 0. The van der Waals surface area contributed by atoms with E-state index in [2.05, 4.69) is 37.9 Å². The van der Waals surface area contributed by atoms with Crippen molar-refractivity contribution < 1.29 is 4.52 Å². The molecule has 0 spiro atoms. The van der Waals surface area contributed by atoms with Crippen LogP contribution < -0.4 is 10.6 Å². The van der Waals surface area contributed by atoms with E-state index in [1.54, 1.807) is 0 Å². The highest BCUT2D eigenvalue weighted by molar-refractivity contribution is 7.86. The van der Waals surface area contributed by atoms with Crippen LogP contribution in [-0.4, -0.2) is 6.61 Å². The summed E-state index contributed by atoms with van der Waals surface area (Å²) in [6.45, 7) is 7.31. The third-order valence-electron chi connectivity index (χ3n) is 2.86. The van der Waals surface area contributed by atoms with Crippen LogP contribution in [0.15, 0.2) is 60.7 Å². The lowest BCUT2D eigenvalue weighted by atomic mass is 10.4. The first-order valence-corrected chi connectivity index (χ1v) is 8.16. The SMILES string of the molecule is [CH2-][P+](OCCC)(c1ccccc1)c1ccccc1. The topological polar surface area (TPSA) is 9.23 Å². The fraction of sp³-hybridized carbons (Fsp3) is 0.188. The van der Waals surface area contributed by atoms with E-state index in [0.717, 1.165) is 13.0 Å². The number of hydrogen-bond acceptors (Lipinski definition) is 1. The van der Waals surface area contributed by atoms with Gasteiger partial charge in [0.25, 0.3) is 0 Å². The smallest absolute Gasteiger partial charge is 0.0988 e. The molecule has 0 saturated carbocycles. The minimum absolute atomic E-state index is 0.751. The molecule has 2 aromatic rings. The van der Waals surface area contributed by atoms with E-state index in [0.29, 0.717) is 0 Å². The third kappa shape index (κ3) is 2.80. The number of benzene rings is 2. The van der Waals surface area contributed by atoms with Crippen LogP contribution in [0.5, 0.6) is 0 Å². The lowest BCUT2D eigenvalue weighted by Gasteiger charge is -2.28.